The number of hydrogen-bond donors (Lipinski definition) is 2. The molecule has 0 fully saturated rings. The van der Waals surface area contributed by atoms with E-state index in [9.17, 15) is 9.59 Å². The van der Waals surface area contributed by atoms with Gasteiger partial charge in [0, 0.05) is 18.5 Å². The first-order chi connectivity index (χ1) is 18.1. The molecule has 0 saturated carbocycles. The topological polar surface area (TPSA) is 84.1 Å². The van der Waals surface area contributed by atoms with Crippen LogP contribution in [0.3, 0.4) is 0 Å². The molecule has 6 heteroatoms. The summed E-state index contributed by atoms with van der Waals surface area (Å²) in [7, 11) is 1.33. The lowest BCUT2D eigenvalue weighted by Gasteiger charge is -2.22. The van der Waals surface area contributed by atoms with Crippen molar-refractivity contribution in [2.75, 3.05) is 7.11 Å². The fraction of sp³-hybridized carbons (Fsp3) is 0.194. The smallest absolute Gasteiger partial charge is 0.328 e. The van der Waals surface area contributed by atoms with Crippen molar-refractivity contribution >= 4 is 33.4 Å². The first-order valence-corrected chi connectivity index (χ1v) is 12.4. The Morgan fingerprint density at radius 1 is 0.811 bits per heavy atom. The number of hydrogen-bond acceptors (Lipinski definition) is 4. The van der Waals surface area contributed by atoms with Gasteiger partial charge in [-0.25, -0.2) is 9.78 Å². The number of ether oxygens (including phenoxy) is 1. The molecule has 1 heterocycles. The molecule has 5 aromatic rings. The van der Waals surface area contributed by atoms with E-state index in [0.717, 1.165) is 32.7 Å². The van der Waals surface area contributed by atoms with Crippen LogP contribution in [0, 0.1) is 5.92 Å². The van der Waals surface area contributed by atoms with Crippen molar-refractivity contribution in [3.8, 4) is 0 Å². The zero-order valence-corrected chi connectivity index (χ0v) is 20.7. The van der Waals surface area contributed by atoms with Gasteiger partial charge in [0.2, 0.25) is 5.91 Å². The zero-order chi connectivity index (χ0) is 25.6. The van der Waals surface area contributed by atoms with Crippen molar-refractivity contribution < 1.29 is 14.3 Å². The van der Waals surface area contributed by atoms with Gasteiger partial charge in [0.05, 0.1) is 19.1 Å². The Hall–Kier alpha value is -4.45. The van der Waals surface area contributed by atoms with Gasteiger partial charge < -0.3 is 15.0 Å². The lowest BCUT2D eigenvalue weighted by Crippen LogP contribution is -2.46. The lowest BCUT2D eigenvalue weighted by atomic mass is 9.87. The van der Waals surface area contributed by atoms with Gasteiger partial charge >= 0.3 is 5.97 Å². The Morgan fingerprint density at radius 3 is 1.92 bits per heavy atom. The maximum Gasteiger partial charge on any atom is 0.328 e. The van der Waals surface area contributed by atoms with Gasteiger partial charge in [0.15, 0.2) is 0 Å². The molecule has 1 amide bonds. The van der Waals surface area contributed by atoms with Crippen LogP contribution >= 0.6 is 0 Å². The van der Waals surface area contributed by atoms with Crippen LogP contribution in [-0.4, -0.2) is 35.0 Å². The molecule has 37 heavy (non-hydrogen) atoms. The Labute approximate surface area is 215 Å². The molecule has 4 aromatic carbocycles. The van der Waals surface area contributed by atoms with E-state index < -0.39 is 17.9 Å². The van der Waals surface area contributed by atoms with Crippen LogP contribution in [0.1, 0.15) is 16.8 Å². The molecule has 1 atom stereocenters. The molecule has 0 aliphatic carbocycles. The number of esters is 1. The average molecular weight is 492 g/mol. The fourth-order valence-corrected chi connectivity index (χ4v) is 4.97. The molecular weight excluding hydrogens is 462 g/mol. The van der Waals surface area contributed by atoms with Crippen LogP contribution in [-0.2, 0) is 33.6 Å². The van der Waals surface area contributed by atoms with Crippen molar-refractivity contribution in [1.29, 1.82) is 0 Å². The van der Waals surface area contributed by atoms with E-state index in [1.807, 2.05) is 36.4 Å². The molecule has 0 aliphatic heterocycles. The summed E-state index contributed by atoms with van der Waals surface area (Å²) in [6, 6.07) is 27.9. The van der Waals surface area contributed by atoms with Crippen LogP contribution in [0.25, 0.3) is 21.5 Å². The number of carbonyl (C=O) groups excluding carboxylic acids is 2. The predicted octanol–water partition coefficient (Wildman–Crippen LogP) is 5.02. The van der Waals surface area contributed by atoms with E-state index in [2.05, 4.69) is 63.8 Å². The second kappa shape index (κ2) is 11.1. The number of methoxy groups -OCH3 is 1. The van der Waals surface area contributed by atoms with Gasteiger partial charge in [0.1, 0.15) is 6.04 Å². The van der Waals surface area contributed by atoms with E-state index in [4.69, 9.17) is 4.74 Å². The van der Waals surface area contributed by atoms with Gasteiger partial charge in [-0.05, 0) is 45.5 Å². The summed E-state index contributed by atoms with van der Waals surface area (Å²) in [5.41, 5.74) is 2.87. The highest BCUT2D eigenvalue weighted by atomic mass is 16.5. The third kappa shape index (κ3) is 5.54. The molecule has 1 aromatic heterocycles. The van der Waals surface area contributed by atoms with Crippen LogP contribution in [0.15, 0.2) is 97.5 Å². The molecule has 0 spiro atoms. The molecule has 0 radical (unpaired) electrons. The van der Waals surface area contributed by atoms with Crippen molar-refractivity contribution in [2.45, 2.75) is 25.3 Å². The lowest BCUT2D eigenvalue weighted by molar-refractivity contribution is -0.145. The van der Waals surface area contributed by atoms with Crippen molar-refractivity contribution in [1.82, 2.24) is 15.3 Å². The van der Waals surface area contributed by atoms with E-state index in [-0.39, 0.29) is 12.3 Å². The predicted molar refractivity (Wildman–Crippen MR) is 145 cm³/mol. The number of aromatic amines is 1. The number of amides is 1. The second-order valence-corrected chi connectivity index (χ2v) is 9.23. The average Bonchev–Trinajstić information content (AvgIpc) is 3.45. The summed E-state index contributed by atoms with van der Waals surface area (Å²) >= 11 is 0. The third-order valence-electron chi connectivity index (χ3n) is 6.83. The minimum Gasteiger partial charge on any atom is -0.467 e. The number of fused-ring (bicyclic) bond motifs is 2. The maximum absolute atomic E-state index is 13.8. The normalized spacial score (nSPS) is 12.1. The van der Waals surface area contributed by atoms with Crippen molar-refractivity contribution in [3.63, 3.8) is 0 Å². The fourth-order valence-electron chi connectivity index (χ4n) is 4.97. The van der Waals surface area contributed by atoms with E-state index in [1.54, 1.807) is 12.5 Å². The van der Waals surface area contributed by atoms with Crippen LogP contribution in [0.4, 0.5) is 0 Å². The first-order valence-electron chi connectivity index (χ1n) is 12.4. The number of benzene rings is 4. The molecule has 0 saturated heterocycles. The number of H-pyrrole nitrogens is 1. The molecule has 0 bridgehead atoms. The summed E-state index contributed by atoms with van der Waals surface area (Å²) < 4.78 is 5.00. The molecule has 0 unspecified atom stereocenters. The number of aromatic nitrogens is 2. The van der Waals surface area contributed by atoms with E-state index in [1.165, 1.54) is 7.11 Å². The zero-order valence-electron chi connectivity index (χ0n) is 20.7. The number of nitrogens with one attached hydrogen (secondary N) is 2. The van der Waals surface area contributed by atoms with E-state index >= 15 is 0 Å². The minimum absolute atomic E-state index is 0.188. The standard InChI is InChI=1S/C31H29N3O3/c1-37-31(36)29(18-26-19-32-20-33-26)34-30(35)25(16-23-12-6-10-21-8-2-4-14-27(21)23)17-24-13-7-11-22-9-3-5-15-28(22)24/h2-15,19-20,25,29H,16-18H2,1H3,(H,32,33)(H,34,35)/t29-/m0/s1. The monoisotopic (exact) mass is 491 g/mol. The Morgan fingerprint density at radius 2 is 1.38 bits per heavy atom. The number of rotatable bonds is 9. The summed E-state index contributed by atoms with van der Waals surface area (Å²) in [6.45, 7) is 0. The van der Waals surface area contributed by atoms with Gasteiger partial charge in [-0.2, -0.15) is 0 Å². The third-order valence-corrected chi connectivity index (χ3v) is 6.83. The van der Waals surface area contributed by atoms with Gasteiger partial charge in [-0.15, -0.1) is 0 Å². The molecule has 0 aliphatic rings. The maximum atomic E-state index is 13.8. The quantitative estimate of drug-likeness (QED) is 0.284. The van der Waals surface area contributed by atoms with Crippen LogP contribution in [0.2, 0.25) is 0 Å². The SMILES string of the molecule is COC(=O)[C@H](Cc1c[nH]cn1)NC(=O)C(Cc1cccc2ccccc12)Cc1cccc2ccccc12. The van der Waals surface area contributed by atoms with Gasteiger partial charge in [-0.1, -0.05) is 84.9 Å². The largest absolute Gasteiger partial charge is 0.467 e. The summed E-state index contributed by atoms with van der Waals surface area (Å²) in [4.78, 5) is 33.5. The Balaban J connectivity index is 1.48. The van der Waals surface area contributed by atoms with Crippen LogP contribution < -0.4 is 5.32 Å². The van der Waals surface area contributed by atoms with E-state index in [0.29, 0.717) is 18.5 Å². The highest BCUT2D eigenvalue weighted by Crippen LogP contribution is 2.26. The molecular formula is C31H29N3O3. The Kier molecular flexibility index (Phi) is 7.26. The number of nitrogens with zero attached hydrogens (tertiary/aromatic N) is 1. The van der Waals surface area contributed by atoms with Crippen LogP contribution in [0.5, 0.6) is 0 Å². The molecule has 186 valence electrons. The minimum atomic E-state index is -0.830. The van der Waals surface area contributed by atoms with Gasteiger partial charge in [-0.3, -0.25) is 4.79 Å². The molecule has 2 N–H and O–H groups in total. The molecule has 6 nitrogen and oxygen atoms in total. The first kappa shape index (κ1) is 24.3. The summed E-state index contributed by atoms with van der Waals surface area (Å²) in [5.74, 6) is -1.08. The Bertz CT molecular complexity index is 1440. The second-order valence-electron chi connectivity index (χ2n) is 9.23. The number of carbonyl (C=O) groups is 2. The summed E-state index contributed by atoms with van der Waals surface area (Å²) in [5, 5.41) is 7.50. The van der Waals surface area contributed by atoms with Crippen molar-refractivity contribution in [3.05, 3.63) is 114 Å². The highest BCUT2D eigenvalue weighted by molar-refractivity contribution is 5.90. The molecule has 5 rings (SSSR count). The van der Waals surface area contributed by atoms with Crippen molar-refractivity contribution in [2.24, 2.45) is 5.92 Å². The van der Waals surface area contributed by atoms with Gasteiger partial charge in [0.25, 0.3) is 0 Å². The number of imidazole rings is 1. The summed E-state index contributed by atoms with van der Waals surface area (Å²) in [6.07, 6.45) is 4.58. The highest BCUT2D eigenvalue weighted by Gasteiger charge is 2.28.